The van der Waals surface area contributed by atoms with Crippen LogP contribution in [0.15, 0.2) is 10.6 Å². The number of nitrogens with zero attached hydrogens (tertiary/aromatic N) is 1. The monoisotopic (exact) mass is 240 g/mol. The second kappa shape index (κ2) is 6.03. The SMILES string of the molecule is CC(C)c1cc(C(=O)NCCCC(=O)O)on1. The molecule has 1 amide bonds. The van der Waals surface area contributed by atoms with Crippen molar-refractivity contribution in [2.75, 3.05) is 6.54 Å². The molecule has 0 fully saturated rings. The first-order chi connectivity index (χ1) is 8.00. The minimum absolute atomic E-state index is 0.0356. The van der Waals surface area contributed by atoms with Crippen LogP contribution >= 0.6 is 0 Å². The molecule has 0 radical (unpaired) electrons. The van der Waals surface area contributed by atoms with Gasteiger partial charge in [-0.3, -0.25) is 9.59 Å². The Bertz CT molecular complexity index is 398. The number of aromatic nitrogens is 1. The molecule has 0 saturated heterocycles. The molecule has 17 heavy (non-hydrogen) atoms. The number of carboxylic acid groups (broad SMARTS) is 1. The van der Waals surface area contributed by atoms with Gasteiger partial charge in [0.2, 0.25) is 5.76 Å². The van der Waals surface area contributed by atoms with E-state index in [1.807, 2.05) is 13.8 Å². The standard InChI is InChI=1S/C11H16N2O4/c1-7(2)8-6-9(17-13-8)11(16)12-5-3-4-10(14)15/h6-7H,3-5H2,1-2H3,(H,12,16)(H,14,15). The number of rotatable bonds is 6. The van der Waals surface area contributed by atoms with E-state index in [2.05, 4.69) is 10.5 Å². The highest BCUT2D eigenvalue weighted by Gasteiger charge is 2.14. The van der Waals surface area contributed by atoms with Gasteiger partial charge in [-0.05, 0) is 12.3 Å². The fraction of sp³-hybridized carbons (Fsp3) is 0.545. The van der Waals surface area contributed by atoms with Crippen LogP contribution in [-0.2, 0) is 4.79 Å². The van der Waals surface area contributed by atoms with Crippen molar-refractivity contribution in [3.63, 3.8) is 0 Å². The van der Waals surface area contributed by atoms with Gasteiger partial charge in [0, 0.05) is 19.0 Å². The molecule has 0 saturated carbocycles. The van der Waals surface area contributed by atoms with Crippen LogP contribution in [0.25, 0.3) is 0 Å². The Hall–Kier alpha value is -1.85. The average molecular weight is 240 g/mol. The summed E-state index contributed by atoms with van der Waals surface area (Å²) < 4.78 is 4.89. The molecule has 1 aromatic rings. The van der Waals surface area contributed by atoms with E-state index >= 15 is 0 Å². The Balaban J connectivity index is 2.39. The van der Waals surface area contributed by atoms with Gasteiger partial charge in [-0.2, -0.15) is 0 Å². The molecule has 0 spiro atoms. The fourth-order valence-corrected chi connectivity index (χ4v) is 1.20. The van der Waals surface area contributed by atoms with E-state index in [4.69, 9.17) is 9.63 Å². The third kappa shape index (κ3) is 4.26. The number of hydrogen-bond acceptors (Lipinski definition) is 4. The van der Waals surface area contributed by atoms with Crippen molar-refractivity contribution >= 4 is 11.9 Å². The highest BCUT2D eigenvalue weighted by Crippen LogP contribution is 2.13. The molecular formula is C11H16N2O4. The van der Waals surface area contributed by atoms with E-state index in [0.29, 0.717) is 13.0 Å². The predicted octanol–water partition coefficient (Wildman–Crippen LogP) is 1.39. The summed E-state index contributed by atoms with van der Waals surface area (Å²) in [7, 11) is 0. The molecule has 0 aromatic carbocycles. The summed E-state index contributed by atoms with van der Waals surface area (Å²) in [6.45, 7) is 4.21. The molecule has 1 aromatic heterocycles. The summed E-state index contributed by atoms with van der Waals surface area (Å²) in [6, 6.07) is 1.59. The lowest BCUT2D eigenvalue weighted by molar-refractivity contribution is -0.137. The zero-order valence-electron chi connectivity index (χ0n) is 9.90. The Morgan fingerprint density at radius 2 is 2.24 bits per heavy atom. The number of hydrogen-bond donors (Lipinski definition) is 2. The molecule has 1 rings (SSSR count). The van der Waals surface area contributed by atoms with E-state index in [1.165, 1.54) is 0 Å². The van der Waals surface area contributed by atoms with Crippen LogP contribution in [0, 0.1) is 0 Å². The van der Waals surface area contributed by atoms with Crippen LogP contribution in [-0.4, -0.2) is 28.7 Å². The summed E-state index contributed by atoms with van der Waals surface area (Å²) in [5.41, 5.74) is 0.723. The predicted molar refractivity (Wildman–Crippen MR) is 59.8 cm³/mol. The molecule has 2 N–H and O–H groups in total. The molecule has 94 valence electrons. The van der Waals surface area contributed by atoms with E-state index in [1.54, 1.807) is 6.07 Å². The number of nitrogens with one attached hydrogen (secondary N) is 1. The van der Waals surface area contributed by atoms with Gasteiger partial charge in [0.05, 0.1) is 5.69 Å². The first-order valence-electron chi connectivity index (χ1n) is 5.47. The van der Waals surface area contributed by atoms with Gasteiger partial charge in [-0.25, -0.2) is 0 Å². The molecule has 0 atom stereocenters. The van der Waals surface area contributed by atoms with Crippen LogP contribution in [0.3, 0.4) is 0 Å². The van der Waals surface area contributed by atoms with Crippen LogP contribution in [0.2, 0.25) is 0 Å². The first kappa shape index (κ1) is 13.2. The topological polar surface area (TPSA) is 92.4 Å². The molecule has 6 heteroatoms. The van der Waals surface area contributed by atoms with Crippen molar-refractivity contribution in [1.29, 1.82) is 0 Å². The summed E-state index contributed by atoms with van der Waals surface area (Å²) in [5, 5.41) is 14.8. The molecule has 0 bridgehead atoms. The zero-order chi connectivity index (χ0) is 12.8. The highest BCUT2D eigenvalue weighted by atomic mass is 16.5. The normalized spacial score (nSPS) is 10.5. The van der Waals surface area contributed by atoms with Gasteiger partial charge in [-0.1, -0.05) is 19.0 Å². The quantitative estimate of drug-likeness (QED) is 0.733. The molecule has 0 unspecified atom stereocenters. The Kier molecular flexibility index (Phi) is 4.68. The van der Waals surface area contributed by atoms with E-state index in [0.717, 1.165) is 5.69 Å². The zero-order valence-corrected chi connectivity index (χ0v) is 9.90. The molecule has 0 aliphatic rings. The third-order valence-corrected chi connectivity index (χ3v) is 2.20. The third-order valence-electron chi connectivity index (χ3n) is 2.20. The second-order valence-electron chi connectivity index (χ2n) is 4.02. The molecule has 0 aliphatic carbocycles. The lowest BCUT2D eigenvalue weighted by atomic mass is 10.1. The lowest BCUT2D eigenvalue weighted by Crippen LogP contribution is -2.24. The van der Waals surface area contributed by atoms with Crippen LogP contribution in [0.4, 0.5) is 0 Å². The van der Waals surface area contributed by atoms with Gasteiger partial charge in [-0.15, -0.1) is 0 Å². The lowest BCUT2D eigenvalue weighted by Gasteiger charge is -2.00. The van der Waals surface area contributed by atoms with Crippen molar-refractivity contribution in [3.8, 4) is 0 Å². The highest BCUT2D eigenvalue weighted by molar-refractivity contribution is 5.91. The van der Waals surface area contributed by atoms with Gasteiger partial charge in [0.1, 0.15) is 0 Å². The summed E-state index contributed by atoms with van der Waals surface area (Å²) >= 11 is 0. The molecular weight excluding hydrogens is 224 g/mol. The van der Waals surface area contributed by atoms with Crippen molar-refractivity contribution in [1.82, 2.24) is 10.5 Å². The van der Waals surface area contributed by atoms with Crippen molar-refractivity contribution in [2.24, 2.45) is 0 Å². The van der Waals surface area contributed by atoms with E-state index < -0.39 is 5.97 Å². The van der Waals surface area contributed by atoms with E-state index in [9.17, 15) is 9.59 Å². The van der Waals surface area contributed by atoms with Crippen LogP contribution in [0.1, 0.15) is 48.9 Å². The maximum atomic E-state index is 11.5. The van der Waals surface area contributed by atoms with Crippen molar-refractivity contribution in [3.05, 3.63) is 17.5 Å². The summed E-state index contributed by atoms with van der Waals surface area (Å²) in [5.74, 6) is -0.882. The Morgan fingerprint density at radius 1 is 1.53 bits per heavy atom. The number of amides is 1. The maximum Gasteiger partial charge on any atom is 0.303 e. The second-order valence-corrected chi connectivity index (χ2v) is 4.02. The Morgan fingerprint density at radius 3 is 2.76 bits per heavy atom. The minimum atomic E-state index is -0.874. The summed E-state index contributed by atoms with van der Waals surface area (Å²) in [6.07, 6.45) is 0.431. The van der Waals surface area contributed by atoms with Crippen molar-refractivity contribution in [2.45, 2.75) is 32.6 Å². The van der Waals surface area contributed by atoms with Gasteiger partial charge in [0.15, 0.2) is 0 Å². The van der Waals surface area contributed by atoms with Gasteiger partial charge in [0.25, 0.3) is 5.91 Å². The molecule has 1 heterocycles. The minimum Gasteiger partial charge on any atom is -0.481 e. The fourth-order valence-electron chi connectivity index (χ4n) is 1.20. The number of carbonyl (C=O) groups is 2. The first-order valence-corrected chi connectivity index (χ1v) is 5.47. The molecule has 6 nitrogen and oxygen atoms in total. The largest absolute Gasteiger partial charge is 0.481 e. The molecule has 0 aliphatic heterocycles. The number of carbonyl (C=O) groups excluding carboxylic acids is 1. The maximum absolute atomic E-state index is 11.5. The van der Waals surface area contributed by atoms with E-state index in [-0.39, 0.29) is 24.0 Å². The van der Waals surface area contributed by atoms with Gasteiger partial charge >= 0.3 is 5.97 Å². The summed E-state index contributed by atoms with van der Waals surface area (Å²) in [4.78, 5) is 21.8. The van der Waals surface area contributed by atoms with Crippen LogP contribution in [0.5, 0.6) is 0 Å². The van der Waals surface area contributed by atoms with Crippen molar-refractivity contribution < 1.29 is 19.2 Å². The number of carboxylic acids is 1. The van der Waals surface area contributed by atoms with Gasteiger partial charge < -0.3 is 14.9 Å². The Labute approximate surface area is 99.0 Å². The van der Waals surface area contributed by atoms with Crippen LogP contribution < -0.4 is 5.32 Å². The number of aliphatic carboxylic acids is 1. The average Bonchev–Trinajstić information content (AvgIpc) is 2.73. The smallest absolute Gasteiger partial charge is 0.303 e.